The molecule has 0 aliphatic rings. The quantitative estimate of drug-likeness (QED) is 0.848. The van der Waals surface area contributed by atoms with E-state index >= 15 is 0 Å². The van der Waals surface area contributed by atoms with E-state index in [4.69, 9.17) is 5.11 Å². The Morgan fingerprint density at radius 1 is 1.26 bits per heavy atom. The highest BCUT2D eigenvalue weighted by molar-refractivity contribution is 5.73. The summed E-state index contributed by atoms with van der Waals surface area (Å²) in [4.78, 5) is 10.8. The lowest BCUT2D eigenvalue weighted by molar-refractivity contribution is -0.294. The topological polar surface area (TPSA) is 80.9 Å². The average Bonchev–Trinajstić information content (AvgIpc) is 2.63. The molecule has 19 heavy (non-hydrogen) atoms. The van der Waals surface area contributed by atoms with Crippen LogP contribution < -0.4 is 0 Å². The molecule has 0 saturated heterocycles. The molecule has 0 bridgehead atoms. The maximum atomic E-state index is 13.1. The predicted molar refractivity (Wildman–Crippen MR) is 49.2 cm³/mol. The number of alkyl halides is 5. The van der Waals surface area contributed by atoms with Gasteiger partial charge < -0.3 is 5.11 Å². The summed E-state index contributed by atoms with van der Waals surface area (Å²) in [5.41, 5.74) is -1.61. The summed E-state index contributed by atoms with van der Waals surface area (Å²) in [6, 6.07) is 0. The van der Waals surface area contributed by atoms with E-state index in [-0.39, 0.29) is 4.68 Å². The van der Waals surface area contributed by atoms with Gasteiger partial charge in [0.25, 0.3) is 0 Å². The minimum atomic E-state index is -5.87. The predicted octanol–water partition coefficient (Wildman–Crippen LogP) is 1.44. The number of tetrazole rings is 1. The molecule has 0 atom stereocenters. The zero-order valence-corrected chi connectivity index (χ0v) is 9.74. The second-order valence-corrected chi connectivity index (χ2v) is 4.42. The van der Waals surface area contributed by atoms with Gasteiger partial charge in [0.05, 0.1) is 12.0 Å². The summed E-state index contributed by atoms with van der Waals surface area (Å²) in [6.45, 7) is 1.56. The monoisotopic (exact) mass is 288 g/mol. The lowest BCUT2D eigenvalue weighted by Gasteiger charge is -2.22. The minimum absolute atomic E-state index is 0.140. The van der Waals surface area contributed by atoms with Crippen LogP contribution in [0.3, 0.4) is 0 Å². The van der Waals surface area contributed by atoms with Crippen LogP contribution in [0.15, 0.2) is 0 Å². The summed E-state index contributed by atoms with van der Waals surface area (Å²) in [5.74, 6) is -8.39. The molecule has 0 aliphatic carbocycles. The number of hydrogen-bond acceptors (Lipinski definition) is 4. The van der Waals surface area contributed by atoms with Gasteiger partial charge in [-0.2, -0.15) is 22.0 Å². The largest absolute Gasteiger partial charge is 0.481 e. The van der Waals surface area contributed by atoms with Gasteiger partial charge in [-0.25, -0.2) is 4.68 Å². The van der Waals surface area contributed by atoms with Crippen LogP contribution in [0.5, 0.6) is 0 Å². The maximum absolute atomic E-state index is 13.1. The number of carbonyl (C=O) groups is 1. The number of halogens is 5. The van der Waals surface area contributed by atoms with Crippen molar-refractivity contribution in [1.82, 2.24) is 20.2 Å². The molecular formula is C8H9F5N4O2. The average molecular weight is 288 g/mol. The molecule has 11 heteroatoms. The first-order valence-electron chi connectivity index (χ1n) is 4.84. The SMILES string of the molecule is CC(C)(Cn1nnnc1C(F)(F)C(F)(F)F)C(=O)O. The van der Waals surface area contributed by atoms with Crippen molar-refractivity contribution in [3.05, 3.63) is 5.82 Å². The van der Waals surface area contributed by atoms with Crippen molar-refractivity contribution in [2.75, 3.05) is 0 Å². The number of carboxylic acids is 1. The Morgan fingerprint density at radius 3 is 2.21 bits per heavy atom. The second-order valence-electron chi connectivity index (χ2n) is 4.42. The fourth-order valence-electron chi connectivity index (χ4n) is 1.10. The first-order valence-corrected chi connectivity index (χ1v) is 4.84. The highest BCUT2D eigenvalue weighted by Crippen LogP contribution is 2.42. The van der Waals surface area contributed by atoms with Crippen LogP contribution in [-0.2, 0) is 17.3 Å². The molecule has 0 fully saturated rings. The zero-order chi connectivity index (χ0) is 15.1. The van der Waals surface area contributed by atoms with Gasteiger partial charge in [0, 0.05) is 0 Å². The van der Waals surface area contributed by atoms with E-state index in [1.54, 1.807) is 0 Å². The minimum Gasteiger partial charge on any atom is -0.481 e. The molecular weight excluding hydrogens is 279 g/mol. The standard InChI is InChI=1S/C8H9F5N4O2/c1-6(2,5(18)19)3-17-4(14-15-16-17)7(9,10)8(11,12)13/h3H2,1-2H3,(H,18,19). The highest BCUT2D eigenvalue weighted by atomic mass is 19.4. The fourth-order valence-corrected chi connectivity index (χ4v) is 1.10. The summed E-state index contributed by atoms with van der Waals surface area (Å²) < 4.78 is 62.9. The Bertz CT molecular complexity index is 482. The van der Waals surface area contributed by atoms with Gasteiger partial charge in [0.1, 0.15) is 0 Å². The highest BCUT2D eigenvalue weighted by Gasteiger charge is 2.62. The van der Waals surface area contributed by atoms with Crippen molar-refractivity contribution in [1.29, 1.82) is 0 Å². The van der Waals surface area contributed by atoms with Crippen LogP contribution in [0.25, 0.3) is 0 Å². The summed E-state index contributed by atoms with van der Waals surface area (Å²) in [7, 11) is 0. The molecule has 0 saturated carbocycles. The third kappa shape index (κ3) is 2.79. The Labute approximate surface area is 103 Å². The molecule has 1 N–H and O–H groups in total. The van der Waals surface area contributed by atoms with E-state index in [1.807, 2.05) is 0 Å². The van der Waals surface area contributed by atoms with Crippen LogP contribution >= 0.6 is 0 Å². The van der Waals surface area contributed by atoms with Gasteiger partial charge in [0.15, 0.2) is 0 Å². The van der Waals surface area contributed by atoms with E-state index in [0.29, 0.717) is 0 Å². The van der Waals surface area contributed by atoms with Crippen molar-refractivity contribution in [3.8, 4) is 0 Å². The zero-order valence-electron chi connectivity index (χ0n) is 9.74. The Balaban J connectivity index is 3.16. The van der Waals surface area contributed by atoms with Crippen LogP contribution in [0.4, 0.5) is 22.0 Å². The van der Waals surface area contributed by atoms with E-state index in [0.717, 1.165) is 13.8 Å². The Hall–Kier alpha value is -1.81. The molecule has 108 valence electrons. The van der Waals surface area contributed by atoms with Crippen molar-refractivity contribution in [2.45, 2.75) is 32.5 Å². The van der Waals surface area contributed by atoms with Gasteiger partial charge in [-0.3, -0.25) is 4.79 Å². The molecule has 6 nitrogen and oxygen atoms in total. The Kier molecular flexibility index (Phi) is 3.52. The third-order valence-electron chi connectivity index (χ3n) is 2.29. The van der Waals surface area contributed by atoms with E-state index in [2.05, 4.69) is 15.5 Å². The van der Waals surface area contributed by atoms with Gasteiger partial charge in [0.2, 0.25) is 5.82 Å². The molecule has 0 aliphatic heterocycles. The first kappa shape index (κ1) is 15.2. The van der Waals surface area contributed by atoms with Crippen molar-refractivity contribution < 1.29 is 31.9 Å². The molecule has 0 aromatic carbocycles. The van der Waals surface area contributed by atoms with Crippen molar-refractivity contribution in [2.24, 2.45) is 5.41 Å². The fraction of sp³-hybridized carbons (Fsp3) is 0.750. The van der Waals surface area contributed by atoms with Crippen molar-refractivity contribution >= 4 is 5.97 Å². The lowest BCUT2D eigenvalue weighted by atomic mass is 9.94. The second kappa shape index (κ2) is 4.38. The number of carboxylic acid groups (broad SMARTS) is 1. The number of aliphatic carboxylic acids is 1. The number of nitrogens with zero attached hydrogens (tertiary/aromatic N) is 4. The number of rotatable bonds is 4. The van der Waals surface area contributed by atoms with Gasteiger partial charge in [-0.1, -0.05) is 0 Å². The molecule has 0 amide bonds. The van der Waals surface area contributed by atoms with Crippen LogP contribution in [-0.4, -0.2) is 37.5 Å². The first-order chi connectivity index (χ1) is 8.39. The summed E-state index contributed by atoms with van der Waals surface area (Å²) in [5, 5.41) is 17.1. The maximum Gasteiger partial charge on any atom is 0.461 e. The number of aromatic nitrogens is 4. The third-order valence-corrected chi connectivity index (χ3v) is 2.29. The van der Waals surface area contributed by atoms with Gasteiger partial charge in [-0.05, 0) is 24.3 Å². The molecule has 0 radical (unpaired) electrons. The van der Waals surface area contributed by atoms with E-state index in [1.165, 1.54) is 0 Å². The molecule has 1 rings (SSSR count). The summed E-state index contributed by atoms with van der Waals surface area (Å²) >= 11 is 0. The molecule has 1 heterocycles. The molecule has 0 spiro atoms. The molecule has 0 unspecified atom stereocenters. The number of hydrogen-bond donors (Lipinski definition) is 1. The van der Waals surface area contributed by atoms with Gasteiger partial charge in [-0.15, -0.1) is 5.10 Å². The van der Waals surface area contributed by atoms with Crippen LogP contribution in [0, 0.1) is 5.41 Å². The lowest BCUT2D eigenvalue weighted by Crippen LogP contribution is -2.39. The molecule has 1 aromatic rings. The Morgan fingerprint density at radius 2 is 1.79 bits per heavy atom. The van der Waals surface area contributed by atoms with Crippen LogP contribution in [0.1, 0.15) is 19.7 Å². The van der Waals surface area contributed by atoms with E-state index < -0.39 is 35.9 Å². The van der Waals surface area contributed by atoms with Crippen molar-refractivity contribution in [3.63, 3.8) is 0 Å². The van der Waals surface area contributed by atoms with E-state index in [9.17, 15) is 26.7 Å². The normalized spacial score (nSPS) is 13.6. The van der Waals surface area contributed by atoms with Gasteiger partial charge >= 0.3 is 18.1 Å². The molecule has 1 aromatic heterocycles. The smallest absolute Gasteiger partial charge is 0.461 e. The summed E-state index contributed by atoms with van der Waals surface area (Å²) in [6.07, 6.45) is -5.87. The van der Waals surface area contributed by atoms with Crippen LogP contribution in [0.2, 0.25) is 0 Å².